The number of amides is 3. The lowest BCUT2D eigenvalue weighted by molar-refractivity contribution is -0.132. The second-order valence-corrected chi connectivity index (χ2v) is 8.97. The molecule has 9 heteroatoms. The summed E-state index contributed by atoms with van der Waals surface area (Å²) in [4.78, 5) is 42.1. The predicted octanol–water partition coefficient (Wildman–Crippen LogP) is 1.54. The molecule has 7 N–H and O–H groups in total. The molecule has 1 aromatic rings. The van der Waals surface area contributed by atoms with Crippen LogP contribution in [0.15, 0.2) is 41.4 Å². The van der Waals surface area contributed by atoms with E-state index in [2.05, 4.69) is 20.9 Å². The Morgan fingerprint density at radius 3 is 2.24 bits per heavy atom. The maximum Gasteiger partial charge on any atom is 0.244 e. The number of aliphatic imine (C=N–C) groups is 1. The van der Waals surface area contributed by atoms with Gasteiger partial charge in [0.05, 0.1) is 0 Å². The van der Waals surface area contributed by atoms with Crippen LogP contribution in [0.5, 0.6) is 0 Å². The number of carbonyl (C=O) groups excluding carboxylic acids is 3. The van der Waals surface area contributed by atoms with Gasteiger partial charge in [-0.25, -0.2) is 0 Å². The summed E-state index contributed by atoms with van der Waals surface area (Å²) >= 11 is 0. The lowest BCUT2D eigenvalue weighted by Gasteiger charge is -2.25. The van der Waals surface area contributed by atoms with E-state index in [1.807, 2.05) is 58.0 Å². The minimum Gasteiger partial charge on any atom is -0.370 e. The Morgan fingerprint density at radius 2 is 1.65 bits per heavy atom. The lowest BCUT2D eigenvalue weighted by atomic mass is 10.00. The Labute approximate surface area is 202 Å². The summed E-state index contributed by atoms with van der Waals surface area (Å²) in [6.45, 7) is 8.62. The zero-order valence-corrected chi connectivity index (χ0v) is 20.7. The molecule has 0 fully saturated rings. The summed E-state index contributed by atoms with van der Waals surface area (Å²) in [6, 6.07) is 7.96. The Balaban J connectivity index is 2.69. The Bertz CT molecular complexity index is 832. The topological polar surface area (TPSA) is 152 Å². The quantitative estimate of drug-likeness (QED) is 0.120. The number of nitrogens with two attached hydrogens (primary N) is 2. The summed E-state index contributed by atoms with van der Waals surface area (Å²) in [6.07, 6.45) is 5.02. The average Bonchev–Trinajstić information content (AvgIpc) is 2.77. The molecule has 0 aliphatic rings. The largest absolute Gasteiger partial charge is 0.370 e. The molecule has 0 saturated heterocycles. The van der Waals surface area contributed by atoms with Crippen LogP contribution in [0.1, 0.15) is 52.5 Å². The van der Waals surface area contributed by atoms with Crippen molar-refractivity contribution in [2.45, 2.75) is 59.0 Å². The first-order chi connectivity index (χ1) is 16.1. The molecule has 0 spiro atoms. The van der Waals surface area contributed by atoms with Gasteiger partial charge in [-0.05, 0) is 42.7 Å². The molecule has 3 amide bonds. The molecule has 34 heavy (non-hydrogen) atoms. The summed E-state index contributed by atoms with van der Waals surface area (Å²) in [7, 11) is 0. The third kappa shape index (κ3) is 12.0. The van der Waals surface area contributed by atoms with Gasteiger partial charge in [-0.3, -0.25) is 19.4 Å². The van der Waals surface area contributed by atoms with E-state index in [0.29, 0.717) is 25.9 Å². The number of unbranched alkanes of at least 4 members (excludes halogenated alkanes) is 1. The van der Waals surface area contributed by atoms with Crippen LogP contribution in [-0.4, -0.2) is 48.9 Å². The van der Waals surface area contributed by atoms with Gasteiger partial charge in [0.25, 0.3) is 0 Å². The maximum atomic E-state index is 13.0. The highest BCUT2D eigenvalue weighted by atomic mass is 16.2. The molecule has 9 nitrogen and oxygen atoms in total. The number of benzene rings is 1. The second kappa shape index (κ2) is 15.5. The van der Waals surface area contributed by atoms with E-state index >= 15 is 0 Å². The molecular weight excluding hydrogens is 432 g/mol. The molecule has 0 bridgehead atoms. The van der Waals surface area contributed by atoms with Gasteiger partial charge in [-0.15, -0.1) is 0 Å². The van der Waals surface area contributed by atoms with Crippen LogP contribution < -0.4 is 27.4 Å². The number of carbonyl (C=O) groups is 3. The average molecular weight is 473 g/mol. The van der Waals surface area contributed by atoms with Crippen molar-refractivity contribution in [1.29, 1.82) is 0 Å². The highest BCUT2D eigenvalue weighted by Gasteiger charge is 2.28. The molecule has 0 radical (unpaired) electrons. The second-order valence-electron chi connectivity index (χ2n) is 8.97. The van der Waals surface area contributed by atoms with Crippen LogP contribution in [0.3, 0.4) is 0 Å². The maximum absolute atomic E-state index is 13.0. The molecule has 0 saturated carbocycles. The monoisotopic (exact) mass is 472 g/mol. The van der Waals surface area contributed by atoms with Gasteiger partial charge >= 0.3 is 0 Å². The molecular formula is C25H40N6O3. The molecule has 2 atom stereocenters. The van der Waals surface area contributed by atoms with E-state index in [1.165, 1.54) is 6.08 Å². The fraction of sp³-hybridized carbons (Fsp3) is 0.520. The minimum atomic E-state index is -0.769. The highest BCUT2D eigenvalue weighted by molar-refractivity contribution is 5.96. The summed E-state index contributed by atoms with van der Waals surface area (Å²) in [5.74, 6) is -0.924. The van der Waals surface area contributed by atoms with Crippen molar-refractivity contribution in [2.24, 2.45) is 28.3 Å². The van der Waals surface area contributed by atoms with Crippen LogP contribution in [0.2, 0.25) is 0 Å². The zero-order valence-electron chi connectivity index (χ0n) is 20.7. The van der Waals surface area contributed by atoms with Crippen LogP contribution in [0.4, 0.5) is 0 Å². The van der Waals surface area contributed by atoms with Crippen molar-refractivity contribution in [3.63, 3.8) is 0 Å². The van der Waals surface area contributed by atoms with E-state index in [9.17, 15) is 14.4 Å². The zero-order chi connectivity index (χ0) is 25.5. The smallest absolute Gasteiger partial charge is 0.244 e. The van der Waals surface area contributed by atoms with Crippen LogP contribution in [-0.2, 0) is 14.4 Å². The lowest BCUT2D eigenvalue weighted by Crippen LogP contribution is -2.55. The van der Waals surface area contributed by atoms with Gasteiger partial charge in [-0.2, -0.15) is 0 Å². The van der Waals surface area contributed by atoms with Gasteiger partial charge in [0.1, 0.15) is 12.1 Å². The fourth-order valence-electron chi connectivity index (χ4n) is 3.22. The Kier molecular flexibility index (Phi) is 13.0. The number of rotatable bonds is 14. The number of hydrogen-bond acceptors (Lipinski definition) is 4. The van der Waals surface area contributed by atoms with Gasteiger partial charge < -0.3 is 27.4 Å². The summed E-state index contributed by atoms with van der Waals surface area (Å²) in [5.41, 5.74) is 11.5. The predicted molar refractivity (Wildman–Crippen MR) is 137 cm³/mol. The Morgan fingerprint density at radius 1 is 0.971 bits per heavy atom. The number of nitrogens with one attached hydrogen (secondary N) is 3. The third-order valence-corrected chi connectivity index (χ3v) is 4.99. The first-order valence-corrected chi connectivity index (χ1v) is 11.8. The molecule has 0 aliphatic heterocycles. The third-order valence-electron chi connectivity index (χ3n) is 4.99. The van der Waals surface area contributed by atoms with E-state index in [0.717, 1.165) is 12.0 Å². The van der Waals surface area contributed by atoms with Crippen molar-refractivity contribution in [3.05, 3.63) is 42.0 Å². The van der Waals surface area contributed by atoms with Crippen molar-refractivity contribution >= 4 is 29.8 Å². The first kappa shape index (κ1) is 28.7. The standard InChI is InChI=1S/C25H40N6O3/c1-17(2)16-20(23(33)28-14-8-9-15-29-25(26)27)30-24(34)22(18(3)4)31-21(32)13-12-19-10-6-5-7-11-19/h5-7,10-13,17-18,20,22H,8-9,14-16H2,1-4H3,(H,28,33)(H,30,34)(H,31,32)(H4,26,27,29)/b13-12+/t20?,22-/m0/s1. The molecule has 0 aliphatic carbocycles. The summed E-state index contributed by atoms with van der Waals surface area (Å²) < 4.78 is 0. The Hall–Kier alpha value is -3.36. The normalized spacial score (nSPS) is 12.9. The van der Waals surface area contributed by atoms with Crippen molar-refractivity contribution in [1.82, 2.24) is 16.0 Å². The van der Waals surface area contributed by atoms with Crippen molar-refractivity contribution < 1.29 is 14.4 Å². The van der Waals surface area contributed by atoms with Gasteiger partial charge in [0.2, 0.25) is 17.7 Å². The number of hydrogen-bond donors (Lipinski definition) is 5. The van der Waals surface area contributed by atoms with E-state index < -0.39 is 12.1 Å². The van der Waals surface area contributed by atoms with Gasteiger partial charge in [0, 0.05) is 19.2 Å². The SMILES string of the molecule is CC(C)CC(NC(=O)[C@@H](NC(=O)/C=C/c1ccccc1)C(C)C)C(=O)NCCCCN=C(N)N. The fourth-order valence-corrected chi connectivity index (χ4v) is 3.22. The van der Waals surface area contributed by atoms with Gasteiger partial charge in [0.15, 0.2) is 5.96 Å². The molecule has 1 unspecified atom stereocenters. The highest BCUT2D eigenvalue weighted by Crippen LogP contribution is 2.09. The van der Waals surface area contributed by atoms with E-state index in [-0.39, 0.29) is 35.5 Å². The molecule has 0 heterocycles. The van der Waals surface area contributed by atoms with Gasteiger partial charge in [-0.1, -0.05) is 58.0 Å². The first-order valence-electron chi connectivity index (χ1n) is 11.8. The van der Waals surface area contributed by atoms with E-state index in [1.54, 1.807) is 6.08 Å². The number of nitrogens with zero attached hydrogens (tertiary/aromatic N) is 1. The summed E-state index contributed by atoms with van der Waals surface area (Å²) in [5, 5.41) is 8.45. The van der Waals surface area contributed by atoms with Crippen molar-refractivity contribution in [3.8, 4) is 0 Å². The number of guanidine groups is 1. The van der Waals surface area contributed by atoms with Crippen molar-refractivity contribution in [2.75, 3.05) is 13.1 Å². The molecule has 1 aromatic carbocycles. The molecule has 188 valence electrons. The molecule has 1 rings (SSSR count). The van der Waals surface area contributed by atoms with E-state index in [4.69, 9.17) is 11.5 Å². The molecule has 0 aromatic heterocycles. The van der Waals surface area contributed by atoms with Crippen LogP contribution >= 0.6 is 0 Å². The minimum absolute atomic E-state index is 0.0473. The van der Waals surface area contributed by atoms with Crippen LogP contribution in [0, 0.1) is 11.8 Å². The van der Waals surface area contributed by atoms with Crippen LogP contribution in [0.25, 0.3) is 6.08 Å².